The molecule has 4 rings (SSSR count). The number of aryl methyl sites for hydroxylation is 1. The van der Waals surface area contributed by atoms with Crippen molar-refractivity contribution in [1.29, 1.82) is 0 Å². The summed E-state index contributed by atoms with van der Waals surface area (Å²) in [7, 11) is -3.99. The van der Waals surface area contributed by atoms with E-state index in [4.69, 9.17) is 21.4 Å². The summed E-state index contributed by atoms with van der Waals surface area (Å²) in [5.74, 6) is -1.28. The highest BCUT2D eigenvalue weighted by molar-refractivity contribution is 7.92. The molecule has 0 fully saturated rings. The largest absolute Gasteiger partial charge is 0.486 e. The van der Waals surface area contributed by atoms with Crippen LogP contribution in [-0.4, -0.2) is 32.1 Å². The second kappa shape index (κ2) is 9.03. The van der Waals surface area contributed by atoms with Crippen molar-refractivity contribution >= 4 is 33.3 Å². The first-order valence-electron chi connectivity index (χ1n) is 10.2. The molecule has 6 nitrogen and oxygen atoms in total. The molecule has 3 aromatic rings. The van der Waals surface area contributed by atoms with Crippen LogP contribution in [0.2, 0.25) is 5.02 Å². The van der Waals surface area contributed by atoms with Crippen molar-refractivity contribution in [2.75, 3.05) is 10.8 Å². The lowest BCUT2D eigenvalue weighted by Crippen LogP contribution is -2.43. The smallest absolute Gasteiger partial charge is 0.303 e. The molecule has 33 heavy (non-hydrogen) atoms. The minimum atomic E-state index is -3.99. The minimum absolute atomic E-state index is 0.0586. The van der Waals surface area contributed by atoms with Crippen LogP contribution in [0.5, 0.6) is 5.75 Å². The Hall–Kier alpha value is -3.10. The Balaban J connectivity index is 1.83. The number of carbonyl (C=O) groups is 1. The zero-order chi connectivity index (χ0) is 23.8. The molecule has 3 aromatic carbocycles. The predicted octanol–water partition coefficient (Wildman–Crippen LogP) is 5.28. The summed E-state index contributed by atoms with van der Waals surface area (Å²) < 4.78 is 48.4. The van der Waals surface area contributed by atoms with E-state index in [1.807, 2.05) is 0 Å². The van der Waals surface area contributed by atoms with Crippen molar-refractivity contribution in [2.45, 2.75) is 30.8 Å². The maximum absolute atomic E-state index is 14.0. The Labute approximate surface area is 196 Å². The van der Waals surface area contributed by atoms with E-state index in [0.717, 1.165) is 5.56 Å². The van der Waals surface area contributed by atoms with Gasteiger partial charge in [0.05, 0.1) is 22.2 Å². The van der Waals surface area contributed by atoms with Gasteiger partial charge in [-0.3, -0.25) is 9.10 Å². The molecule has 0 spiro atoms. The number of carboxylic acids is 1. The van der Waals surface area contributed by atoms with Gasteiger partial charge in [0.1, 0.15) is 17.7 Å². The number of hydrogen-bond acceptors (Lipinski definition) is 4. The Bertz CT molecular complexity index is 1330. The van der Waals surface area contributed by atoms with Crippen molar-refractivity contribution in [3.8, 4) is 16.9 Å². The first-order chi connectivity index (χ1) is 15.7. The van der Waals surface area contributed by atoms with Crippen LogP contribution in [0.1, 0.15) is 18.4 Å². The summed E-state index contributed by atoms with van der Waals surface area (Å²) in [4.78, 5) is 11.2. The zero-order valence-corrected chi connectivity index (χ0v) is 19.2. The number of anilines is 1. The van der Waals surface area contributed by atoms with Gasteiger partial charge in [-0.1, -0.05) is 41.9 Å². The number of benzene rings is 3. The second-order valence-electron chi connectivity index (χ2n) is 7.81. The number of sulfonamides is 1. The molecule has 0 saturated heterocycles. The third-order valence-electron chi connectivity index (χ3n) is 5.41. The molecule has 0 aromatic heterocycles. The number of halogens is 2. The van der Waals surface area contributed by atoms with Gasteiger partial charge in [-0.05, 0) is 54.8 Å². The minimum Gasteiger partial charge on any atom is -0.486 e. The normalized spacial score (nSPS) is 15.6. The van der Waals surface area contributed by atoms with E-state index in [2.05, 4.69) is 0 Å². The maximum atomic E-state index is 14.0. The molecule has 172 valence electrons. The molecular weight excluding hydrogens is 469 g/mol. The highest BCUT2D eigenvalue weighted by atomic mass is 35.5. The predicted molar refractivity (Wildman–Crippen MR) is 124 cm³/mol. The number of fused-ring (bicyclic) bond motifs is 1. The standard InChI is InChI=1S/C24H21ClFNO5S/c1-15-4-2-5-18(12-15)33(30,31)27-14-17(9-11-23(28)29)32-22-10-8-16(13-21(22)27)19-6-3-7-20(26)24(19)25/h2-8,10,12-13,17H,9,11,14H2,1H3,(H,28,29)/t17-/m0/s1. The Morgan fingerprint density at radius 3 is 2.67 bits per heavy atom. The van der Waals surface area contributed by atoms with E-state index in [0.29, 0.717) is 16.9 Å². The van der Waals surface area contributed by atoms with Gasteiger partial charge in [0, 0.05) is 12.0 Å². The fourth-order valence-electron chi connectivity index (χ4n) is 3.77. The number of ether oxygens (including phenoxy) is 1. The number of carboxylic acid groups (broad SMARTS) is 1. The lowest BCUT2D eigenvalue weighted by Gasteiger charge is -2.35. The molecule has 0 radical (unpaired) electrons. The molecule has 1 heterocycles. The monoisotopic (exact) mass is 489 g/mol. The van der Waals surface area contributed by atoms with Crippen molar-refractivity contribution in [2.24, 2.45) is 0 Å². The van der Waals surface area contributed by atoms with Gasteiger partial charge in [0.2, 0.25) is 0 Å². The van der Waals surface area contributed by atoms with Gasteiger partial charge in [-0.25, -0.2) is 12.8 Å². The van der Waals surface area contributed by atoms with Crippen LogP contribution in [0.25, 0.3) is 11.1 Å². The van der Waals surface area contributed by atoms with Gasteiger partial charge in [-0.2, -0.15) is 0 Å². The van der Waals surface area contributed by atoms with Crippen LogP contribution >= 0.6 is 11.6 Å². The van der Waals surface area contributed by atoms with Gasteiger partial charge in [0.15, 0.2) is 0 Å². The average molecular weight is 490 g/mol. The van der Waals surface area contributed by atoms with Gasteiger partial charge < -0.3 is 9.84 Å². The van der Waals surface area contributed by atoms with Crippen LogP contribution in [0.3, 0.4) is 0 Å². The Morgan fingerprint density at radius 1 is 1.18 bits per heavy atom. The molecule has 1 aliphatic heterocycles. The molecule has 0 bridgehead atoms. The van der Waals surface area contributed by atoms with E-state index in [9.17, 15) is 17.6 Å². The fraction of sp³-hybridized carbons (Fsp3) is 0.208. The molecule has 9 heteroatoms. The summed E-state index contributed by atoms with van der Waals surface area (Å²) in [5, 5.41) is 8.99. The molecule has 0 amide bonds. The second-order valence-corrected chi connectivity index (χ2v) is 10.0. The van der Waals surface area contributed by atoms with E-state index in [1.54, 1.807) is 49.4 Å². The molecule has 1 aliphatic rings. The van der Waals surface area contributed by atoms with Crippen LogP contribution in [0.15, 0.2) is 65.6 Å². The summed E-state index contributed by atoms with van der Waals surface area (Å²) in [5.41, 5.74) is 2.00. The summed E-state index contributed by atoms with van der Waals surface area (Å²) in [6, 6.07) is 15.8. The number of hydrogen-bond donors (Lipinski definition) is 1. The van der Waals surface area contributed by atoms with Crippen molar-refractivity contribution in [1.82, 2.24) is 0 Å². The first-order valence-corrected chi connectivity index (χ1v) is 12.0. The zero-order valence-electron chi connectivity index (χ0n) is 17.7. The average Bonchev–Trinajstić information content (AvgIpc) is 2.78. The fourth-order valence-corrected chi connectivity index (χ4v) is 5.61. The topological polar surface area (TPSA) is 83.9 Å². The SMILES string of the molecule is Cc1cccc(S(=O)(=O)N2C[C@H](CCC(=O)O)Oc3ccc(-c4cccc(F)c4Cl)cc32)c1. The molecule has 0 unspecified atom stereocenters. The molecule has 1 N–H and O–H groups in total. The maximum Gasteiger partial charge on any atom is 0.303 e. The summed E-state index contributed by atoms with van der Waals surface area (Å²) in [6.45, 7) is 1.74. The van der Waals surface area contributed by atoms with Crippen LogP contribution in [-0.2, 0) is 14.8 Å². The number of nitrogens with zero attached hydrogens (tertiary/aromatic N) is 1. The van der Waals surface area contributed by atoms with E-state index >= 15 is 0 Å². The van der Waals surface area contributed by atoms with Crippen LogP contribution in [0.4, 0.5) is 10.1 Å². The Morgan fingerprint density at radius 2 is 1.94 bits per heavy atom. The van der Waals surface area contributed by atoms with Crippen molar-refractivity contribution in [3.05, 3.63) is 77.1 Å². The van der Waals surface area contributed by atoms with Crippen LogP contribution < -0.4 is 9.04 Å². The highest BCUT2D eigenvalue weighted by Crippen LogP contribution is 2.42. The quantitative estimate of drug-likeness (QED) is 0.509. The highest BCUT2D eigenvalue weighted by Gasteiger charge is 2.35. The number of rotatable bonds is 6. The molecule has 0 aliphatic carbocycles. The van der Waals surface area contributed by atoms with Crippen LogP contribution in [0, 0.1) is 12.7 Å². The first kappa shape index (κ1) is 23.1. The molecule has 1 atom stereocenters. The molecular formula is C24H21ClFNO5S. The van der Waals surface area contributed by atoms with Crippen molar-refractivity contribution in [3.63, 3.8) is 0 Å². The molecule has 0 saturated carbocycles. The lowest BCUT2D eigenvalue weighted by atomic mass is 10.0. The van der Waals surface area contributed by atoms with Gasteiger partial charge in [0.25, 0.3) is 10.0 Å². The lowest BCUT2D eigenvalue weighted by molar-refractivity contribution is -0.137. The Kier molecular flexibility index (Phi) is 6.32. The van der Waals surface area contributed by atoms with E-state index in [-0.39, 0.29) is 35.0 Å². The third kappa shape index (κ3) is 4.67. The summed E-state index contributed by atoms with van der Waals surface area (Å²) in [6.07, 6.45) is -0.654. The van der Waals surface area contributed by atoms with E-state index < -0.39 is 27.9 Å². The van der Waals surface area contributed by atoms with Crippen molar-refractivity contribution < 1.29 is 27.4 Å². The summed E-state index contributed by atoms with van der Waals surface area (Å²) >= 11 is 6.15. The van der Waals surface area contributed by atoms with Gasteiger partial charge >= 0.3 is 5.97 Å². The number of aliphatic carboxylic acids is 1. The third-order valence-corrected chi connectivity index (χ3v) is 7.57. The van der Waals surface area contributed by atoms with Gasteiger partial charge in [-0.15, -0.1) is 0 Å². The van der Waals surface area contributed by atoms with E-state index in [1.165, 1.54) is 22.5 Å².